The summed E-state index contributed by atoms with van der Waals surface area (Å²) in [5, 5.41) is 13.7. The van der Waals surface area contributed by atoms with Crippen LogP contribution in [0.25, 0.3) is 0 Å². The molecule has 0 aromatic heterocycles. The Morgan fingerprint density at radius 2 is 1.86 bits per heavy atom. The molecule has 1 amide bonds. The predicted molar refractivity (Wildman–Crippen MR) is 106 cm³/mol. The lowest BCUT2D eigenvalue weighted by atomic mass is 10.1. The number of benzene rings is 2. The molecule has 0 heterocycles. The molecule has 0 spiro atoms. The number of aromatic hydroxyl groups is 1. The molecule has 0 radical (unpaired) electrons. The number of sulfonamides is 1. The Kier molecular flexibility index (Phi) is 6.76. The van der Waals surface area contributed by atoms with E-state index in [4.69, 9.17) is 4.74 Å². The molecule has 0 unspecified atom stereocenters. The van der Waals surface area contributed by atoms with Crippen LogP contribution in [0.5, 0.6) is 11.5 Å². The van der Waals surface area contributed by atoms with E-state index < -0.39 is 22.5 Å². The highest BCUT2D eigenvalue weighted by Crippen LogP contribution is 2.27. The van der Waals surface area contributed by atoms with Gasteiger partial charge in [-0.15, -0.1) is 0 Å². The van der Waals surface area contributed by atoms with Gasteiger partial charge >= 0.3 is 0 Å². The van der Waals surface area contributed by atoms with Gasteiger partial charge in [0, 0.05) is 5.56 Å². The fourth-order valence-corrected chi connectivity index (χ4v) is 4.28. The van der Waals surface area contributed by atoms with Gasteiger partial charge in [0.25, 0.3) is 5.91 Å². The molecule has 9 heteroatoms. The second-order valence-electron chi connectivity index (χ2n) is 6.24. The smallest absolute Gasteiger partial charge is 0.255 e. The quantitative estimate of drug-likeness (QED) is 0.479. The van der Waals surface area contributed by atoms with Gasteiger partial charge < -0.3 is 9.84 Å². The van der Waals surface area contributed by atoms with Crippen LogP contribution in [0.1, 0.15) is 22.3 Å². The van der Waals surface area contributed by atoms with Gasteiger partial charge in [0.2, 0.25) is 10.0 Å². The first-order chi connectivity index (χ1) is 13.2. The van der Waals surface area contributed by atoms with Gasteiger partial charge in [-0.3, -0.25) is 4.79 Å². The van der Waals surface area contributed by atoms with E-state index >= 15 is 0 Å². The number of hydrogen-bond donors (Lipinski definition) is 3. The molecule has 8 nitrogen and oxygen atoms in total. The number of nitrogens with zero attached hydrogens (tertiary/aromatic N) is 1. The van der Waals surface area contributed by atoms with Gasteiger partial charge in [-0.05, 0) is 44.0 Å². The number of rotatable bonds is 7. The Hall–Kier alpha value is -2.91. The predicted octanol–water partition coefficient (Wildman–Crippen LogP) is 1.75. The molecule has 0 saturated heterocycles. The summed E-state index contributed by atoms with van der Waals surface area (Å²) < 4.78 is 32.3. The first-order valence-electron chi connectivity index (χ1n) is 8.41. The van der Waals surface area contributed by atoms with Gasteiger partial charge in [0.1, 0.15) is 0 Å². The van der Waals surface area contributed by atoms with Crippen molar-refractivity contribution < 1.29 is 23.1 Å². The highest BCUT2D eigenvalue weighted by molar-refractivity contribution is 7.89. The van der Waals surface area contributed by atoms with Crippen LogP contribution in [0.3, 0.4) is 0 Å². The van der Waals surface area contributed by atoms with E-state index in [0.717, 1.165) is 5.56 Å². The molecule has 0 bridgehead atoms. The van der Waals surface area contributed by atoms with Crippen molar-refractivity contribution in [3.05, 3.63) is 52.6 Å². The monoisotopic (exact) mass is 405 g/mol. The first kappa shape index (κ1) is 21.4. The average Bonchev–Trinajstić information content (AvgIpc) is 2.60. The van der Waals surface area contributed by atoms with Gasteiger partial charge in [0.05, 0.1) is 24.8 Å². The normalized spacial score (nSPS) is 11.6. The summed E-state index contributed by atoms with van der Waals surface area (Å²) in [6.45, 7) is 4.82. The summed E-state index contributed by atoms with van der Waals surface area (Å²) in [7, 11) is -2.43. The van der Waals surface area contributed by atoms with E-state index in [1.54, 1.807) is 44.2 Å². The highest BCUT2D eigenvalue weighted by atomic mass is 32.2. The van der Waals surface area contributed by atoms with Crippen LogP contribution < -0.4 is 14.9 Å². The third-order valence-electron chi connectivity index (χ3n) is 3.94. The van der Waals surface area contributed by atoms with E-state index in [1.165, 1.54) is 13.3 Å². The molecule has 3 N–H and O–H groups in total. The van der Waals surface area contributed by atoms with E-state index in [-0.39, 0.29) is 16.4 Å². The SMILES string of the molecule is COc1cccc(/C=N\NC(=O)CNS(=O)(=O)c2c(C)cc(C)cc2C)c1O. The fraction of sp³-hybridized carbons (Fsp3) is 0.263. The summed E-state index contributed by atoms with van der Waals surface area (Å²) >= 11 is 0. The van der Waals surface area contributed by atoms with E-state index in [0.29, 0.717) is 16.7 Å². The zero-order chi connectivity index (χ0) is 20.9. The maximum atomic E-state index is 12.5. The first-order valence-corrected chi connectivity index (χ1v) is 9.89. The minimum absolute atomic E-state index is 0.117. The molecule has 2 rings (SSSR count). The van der Waals surface area contributed by atoms with Crippen LogP contribution in [0, 0.1) is 20.8 Å². The Bertz CT molecular complexity index is 993. The van der Waals surface area contributed by atoms with E-state index in [2.05, 4.69) is 15.2 Å². The number of ether oxygens (including phenoxy) is 1. The molecular weight excluding hydrogens is 382 g/mol. The second-order valence-corrected chi connectivity index (χ2v) is 7.95. The minimum Gasteiger partial charge on any atom is -0.504 e. The maximum Gasteiger partial charge on any atom is 0.255 e. The van der Waals surface area contributed by atoms with Crippen LogP contribution in [0.4, 0.5) is 0 Å². The molecule has 0 aliphatic heterocycles. The van der Waals surface area contributed by atoms with Crippen molar-refractivity contribution in [1.82, 2.24) is 10.1 Å². The average molecular weight is 405 g/mol. The minimum atomic E-state index is -3.85. The Morgan fingerprint density at radius 3 is 2.46 bits per heavy atom. The van der Waals surface area contributed by atoms with Gasteiger partial charge in [-0.2, -0.15) is 5.10 Å². The van der Waals surface area contributed by atoms with E-state index in [9.17, 15) is 18.3 Å². The van der Waals surface area contributed by atoms with Crippen molar-refractivity contribution in [1.29, 1.82) is 0 Å². The van der Waals surface area contributed by atoms with Gasteiger partial charge in [0.15, 0.2) is 11.5 Å². The fourth-order valence-electron chi connectivity index (χ4n) is 2.84. The molecule has 2 aromatic carbocycles. The summed E-state index contributed by atoms with van der Waals surface area (Å²) in [5.41, 5.74) is 4.73. The van der Waals surface area contributed by atoms with Gasteiger partial charge in [-0.1, -0.05) is 23.8 Å². The third-order valence-corrected chi connectivity index (χ3v) is 5.64. The van der Waals surface area contributed by atoms with Crippen molar-refractivity contribution in [2.24, 2.45) is 5.10 Å². The molecule has 0 aliphatic rings. The Morgan fingerprint density at radius 1 is 1.21 bits per heavy atom. The highest BCUT2D eigenvalue weighted by Gasteiger charge is 2.20. The summed E-state index contributed by atoms with van der Waals surface area (Å²) in [5.74, 6) is -0.495. The van der Waals surface area contributed by atoms with Crippen molar-refractivity contribution in [2.45, 2.75) is 25.7 Å². The number of aryl methyl sites for hydroxylation is 3. The number of phenols is 1. The Balaban J connectivity index is 2.01. The molecular formula is C19H23N3O5S. The van der Waals surface area contributed by atoms with Crippen LogP contribution in [0.15, 0.2) is 40.3 Å². The molecule has 28 heavy (non-hydrogen) atoms. The number of hydrogen-bond acceptors (Lipinski definition) is 6. The lowest BCUT2D eigenvalue weighted by Gasteiger charge is -2.12. The second kappa shape index (κ2) is 8.85. The van der Waals surface area contributed by atoms with Crippen molar-refractivity contribution >= 4 is 22.1 Å². The topological polar surface area (TPSA) is 117 Å². The van der Waals surface area contributed by atoms with Crippen LogP contribution in [-0.2, 0) is 14.8 Å². The largest absolute Gasteiger partial charge is 0.504 e. The number of phenolic OH excluding ortho intramolecular Hbond substituents is 1. The zero-order valence-electron chi connectivity index (χ0n) is 16.1. The molecule has 2 aromatic rings. The number of carbonyl (C=O) groups excluding carboxylic acids is 1. The molecule has 0 aliphatic carbocycles. The molecule has 0 fully saturated rings. The number of para-hydroxylation sites is 1. The summed E-state index contributed by atoms with van der Waals surface area (Å²) in [6.07, 6.45) is 1.23. The van der Waals surface area contributed by atoms with Crippen LogP contribution >= 0.6 is 0 Å². The van der Waals surface area contributed by atoms with Crippen molar-refractivity contribution in [2.75, 3.05) is 13.7 Å². The standard InChI is InChI=1S/C19H23N3O5S/c1-12-8-13(2)19(14(3)9-12)28(25,26)21-11-17(23)22-20-10-15-6-5-7-16(27-4)18(15)24/h5-10,21,24H,11H2,1-4H3,(H,22,23)/b20-10-. The van der Waals surface area contributed by atoms with Crippen LogP contribution in [-0.4, -0.2) is 39.3 Å². The van der Waals surface area contributed by atoms with Gasteiger partial charge in [-0.25, -0.2) is 18.6 Å². The number of hydrazone groups is 1. The Labute approximate surface area is 164 Å². The van der Waals surface area contributed by atoms with Crippen molar-refractivity contribution in [3.63, 3.8) is 0 Å². The number of methoxy groups -OCH3 is 1. The zero-order valence-corrected chi connectivity index (χ0v) is 16.9. The molecule has 0 saturated carbocycles. The third kappa shape index (κ3) is 5.08. The summed E-state index contributed by atoms with van der Waals surface area (Å²) in [4.78, 5) is 12.1. The molecule has 0 atom stereocenters. The number of amides is 1. The maximum absolute atomic E-state index is 12.5. The van der Waals surface area contributed by atoms with Crippen LogP contribution in [0.2, 0.25) is 0 Å². The van der Waals surface area contributed by atoms with E-state index in [1.807, 2.05) is 6.92 Å². The lowest BCUT2D eigenvalue weighted by molar-refractivity contribution is -0.119. The number of carbonyl (C=O) groups is 1. The molecule has 150 valence electrons. The lowest BCUT2D eigenvalue weighted by Crippen LogP contribution is -2.35. The summed E-state index contributed by atoms with van der Waals surface area (Å²) in [6, 6.07) is 8.36. The van der Waals surface area contributed by atoms with Crippen molar-refractivity contribution in [3.8, 4) is 11.5 Å². The number of nitrogens with one attached hydrogen (secondary N) is 2.